The molecule has 3 aromatic rings. The molecule has 5 heteroatoms. The van der Waals surface area contributed by atoms with E-state index in [1.165, 1.54) is 10.9 Å². The zero-order valence-electron chi connectivity index (χ0n) is 15.5. The van der Waals surface area contributed by atoms with Crippen LogP contribution in [0.3, 0.4) is 0 Å². The van der Waals surface area contributed by atoms with E-state index in [1.807, 2.05) is 23.2 Å². The number of aromatic nitrogens is 2. The van der Waals surface area contributed by atoms with E-state index in [0.717, 1.165) is 37.9 Å². The number of benzene rings is 1. The highest BCUT2D eigenvalue weighted by molar-refractivity contribution is 5.96. The van der Waals surface area contributed by atoms with Crippen LogP contribution in [-0.4, -0.2) is 41.0 Å². The third-order valence-corrected chi connectivity index (χ3v) is 5.25. The fourth-order valence-corrected chi connectivity index (χ4v) is 3.96. The predicted molar refractivity (Wildman–Crippen MR) is 105 cm³/mol. The second-order valence-corrected chi connectivity index (χ2v) is 7.01. The lowest BCUT2D eigenvalue weighted by Crippen LogP contribution is -2.40. The van der Waals surface area contributed by atoms with Gasteiger partial charge in [0.05, 0.1) is 12.6 Å². The maximum atomic E-state index is 13.0. The van der Waals surface area contributed by atoms with Gasteiger partial charge in [-0.1, -0.05) is 18.2 Å². The molecule has 1 aromatic carbocycles. The minimum absolute atomic E-state index is 0.00392. The molecule has 138 valence electrons. The van der Waals surface area contributed by atoms with Crippen LogP contribution in [0, 0.1) is 5.92 Å². The van der Waals surface area contributed by atoms with Crippen molar-refractivity contribution in [2.24, 2.45) is 5.92 Å². The molecule has 1 amide bonds. The van der Waals surface area contributed by atoms with Gasteiger partial charge in [-0.05, 0) is 55.0 Å². The van der Waals surface area contributed by atoms with Gasteiger partial charge in [0.25, 0.3) is 5.91 Å². The number of pyridine rings is 2. The van der Waals surface area contributed by atoms with E-state index in [4.69, 9.17) is 4.74 Å². The molecule has 1 aliphatic rings. The lowest BCUT2D eigenvalue weighted by molar-refractivity contribution is 0.0669. The topological polar surface area (TPSA) is 55.3 Å². The Kier molecular flexibility index (Phi) is 5.01. The van der Waals surface area contributed by atoms with Crippen LogP contribution >= 0.6 is 0 Å². The normalized spacial score (nSPS) is 17.1. The minimum atomic E-state index is 0.00392. The molecule has 0 radical (unpaired) electrons. The summed E-state index contributed by atoms with van der Waals surface area (Å²) in [6, 6.07) is 14.0. The number of fused-ring (bicyclic) bond motifs is 1. The number of likely N-dealkylation sites (tertiary alicyclic amines) is 1. The van der Waals surface area contributed by atoms with Gasteiger partial charge in [0, 0.05) is 30.9 Å². The van der Waals surface area contributed by atoms with Crippen molar-refractivity contribution >= 4 is 16.8 Å². The fraction of sp³-hybridized carbons (Fsp3) is 0.318. The molecule has 1 atom stereocenters. The largest absolute Gasteiger partial charge is 0.480 e. The lowest BCUT2D eigenvalue weighted by atomic mass is 9.89. The number of carbonyl (C=O) groups is 1. The summed E-state index contributed by atoms with van der Waals surface area (Å²) in [4.78, 5) is 23.5. The SMILES string of the molecule is COc1ncccc1C(=O)N1CCC[C@@H](Cc2cccc3ncccc23)C1. The lowest BCUT2D eigenvalue weighted by Gasteiger charge is -2.33. The molecule has 0 saturated carbocycles. The molecule has 5 nitrogen and oxygen atoms in total. The Morgan fingerprint density at radius 1 is 1.15 bits per heavy atom. The fourth-order valence-electron chi connectivity index (χ4n) is 3.96. The Balaban J connectivity index is 1.52. The van der Waals surface area contributed by atoms with Gasteiger partial charge in [0.15, 0.2) is 0 Å². The zero-order chi connectivity index (χ0) is 18.6. The number of amides is 1. The predicted octanol–water partition coefficient (Wildman–Crippen LogP) is 3.73. The van der Waals surface area contributed by atoms with Crippen LogP contribution in [0.25, 0.3) is 10.9 Å². The van der Waals surface area contributed by atoms with Crippen LogP contribution in [-0.2, 0) is 6.42 Å². The summed E-state index contributed by atoms with van der Waals surface area (Å²) in [7, 11) is 1.55. The van der Waals surface area contributed by atoms with Crippen molar-refractivity contribution < 1.29 is 9.53 Å². The summed E-state index contributed by atoms with van der Waals surface area (Å²) < 4.78 is 5.26. The molecule has 0 bridgehead atoms. The van der Waals surface area contributed by atoms with Crippen molar-refractivity contribution in [1.82, 2.24) is 14.9 Å². The average molecular weight is 361 g/mol. The van der Waals surface area contributed by atoms with Crippen LogP contribution in [0.2, 0.25) is 0 Å². The minimum Gasteiger partial charge on any atom is -0.480 e. The van der Waals surface area contributed by atoms with Crippen molar-refractivity contribution in [2.75, 3.05) is 20.2 Å². The third kappa shape index (κ3) is 3.63. The van der Waals surface area contributed by atoms with E-state index in [9.17, 15) is 4.79 Å². The summed E-state index contributed by atoms with van der Waals surface area (Å²) >= 11 is 0. The first-order chi connectivity index (χ1) is 13.3. The van der Waals surface area contributed by atoms with Crippen molar-refractivity contribution in [2.45, 2.75) is 19.3 Å². The molecule has 0 spiro atoms. The molecule has 1 aliphatic heterocycles. The Labute approximate surface area is 159 Å². The van der Waals surface area contributed by atoms with Crippen LogP contribution in [0.4, 0.5) is 0 Å². The number of hydrogen-bond acceptors (Lipinski definition) is 4. The zero-order valence-corrected chi connectivity index (χ0v) is 15.5. The summed E-state index contributed by atoms with van der Waals surface area (Å²) in [5.74, 6) is 0.838. The molecule has 2 aromatic heterocycles. The number of nitrogens with zero attached hydrogens (tertiary/aromatic N) is 3. The van der Waals surface area contributed by atoms with Gasteiger partial charge in [0.1, 0.15) is 5.56 Å². The van der Waals surface area contributed by atoms with E-state index in [1.54, 1.807) is 25.4 Å². The van der Waals surface area contributed by atoms with Crippen molar-refractivity contribution in [1.29, 1.82) is 0 Å². The smallest absolute Gasteiger partial charge is 0.259 e. The molecule has 0 N–H and O–H groups in total. The van der Waals surface area contributed by atoms with Crippen LogP contribution < -0.4 is 4.74 Å². The highest BCUT2D eigenvalue weighted by atomic mass is 16.5. The van der Waals surface area contributed by atoms with E-state index >= 15 is 0 Å². The standard InChI is InChI=1S/C22H23N3O2/c1-27-21-19(9-4-12-24-21)22(26)25-13-5-6-16(15-25)14-17-7-2-10-20-18(17)8-3-11-23-20/h2-4,7-12,16H,5-6,13-15H2,1H3/t16-/m0/s1. The summed E-state index contributed by atoms with van der Waals surface area (Å²) in [5, 5.41) is 1.21. The Bertz CT molecular complexity index is 952. The van der Waals surface area contributed by atoms with Gasteiger partial charge < -0.3 is 9.64 Å². The summed E-state index contributed by atoms with van der Waals surface area (Å²) in [6.45, 7) is 1.54. The van der Waals surface area contributed by atoms with Crippen LogP contribution in [0.1, 0.15) is 28.8 Å². The monoisotopic (exact) mass is 361 g/mol. The molecule has 1 saturated heterocycles. The quantitative estimate of drug-likeness (QED) is 0.710. The van der Waals surface area contributed by atoms with Gasteiger partial charge in [0.2, 0.25) is 5.88 Å². The molecule has 1 fully saturated rings. The number of carbonyl (C=O) groups excluding carboxylic acids is 1. The molecular weight excluding hydrogens is 338 g/mol. The number of hydrogen-bond donors (Lipinski definition) is 0. The summed E-state index contributed by atoms with van der Waals surface area (Å²) in [5.41, 5.74) is 2.87. The van der Waals surface area contributed by atoms with Gasteiger partial charge in [-0.25, -0.2) is 4.98 Å². The molecular formula is C22H23N3O2. The van der Waals surface area contributed by atoms with E-state index in [-0.39, 0.29) is 5.91 Å². The molecule has 27 heavy (non-hydrogen) atoms. The van der Waals surface area contributed by atoms with E-state index < -0.39 is 0 Å². The van der Waals surface area contributed by atoms with Crippen molar-refractivity contribution in [3.63, 3.8) is 0 Å². The second kappa shape index (κ2) is 7.74. The Morgan fingerprint density at radius 3 is 2.89 bits per heavy atom. The number of ether oxygens (including phenoxy) is 1. The van der Waals surface area contributed by atoms with Crippen LogP contribution in [0.5, 0.6) is 5.88 Å². The molecule has 3 heterocycles. The first-order valence-corrected chi connectivity index (χ1v) is 9.37. The third-order valence-electron chi connectivity index (χ3n) is 5.25. The highest BCUT2D eigenvalue weighted by Gasteiger charge is 2.27. The first kappa shape index (κ1) is 17.5. The molecule has 0 unspecified atom stereocenters. The maximum Gasteiger partial charge on any atom is 0.259 e. The van der Waals surface area contributed by atoms with Gasteiger partial charge in [-0.2, -0.15) is 0 Å². The van der Waals surface area contributed by atoms with Gasteiger partial charge >= 0.3 is 0 Å². The van der Waals surface area contributed by atoms with Gasteiger partial charge in [-0.3, -0.25) is 9.78 Å². The molecule has 4 rings (SSSR count). The van der Waals surface area contributed by atoms with E-state index in [2.05, 4.69) is 28.2 Å². The van der Waals surface area contributed by atoms with Gasteiger partial charge in [-0.15, -0.1) is 0 Å². The van der Waals surface area contributed by atoms with E-state index in [0.29, 0.717) is 17.4 Å². The van der Waals surface area contributed by atoms with Crippen molar-refractivity contribution in [3.05, 3.63) is 66.0 Å². The number of methoxy groups -OCH3 is 1. The molecule has 0 aliphatic carbocycles. The number of piperidine rings is 1. The Hall–Kier alpha value is -2.95. The average Bonchev–Trinajstić information content (AvgIpc) is 2.73. The van der Waals surface area contributed by atoms with Crippen molar-refractivity contribution in [3.8, 4) is 5.88 Å². The Morgan fingerprint density at radius 2 is 2.00 bits per heavy atom. The highest BCUT2D eigenvalue weighted by Crippen LogP contribution is 2.26. The second-order valence-electron chi connectivity index (χ2n) is 7.01. The summed E-state index contributed by atoms with van der Waals surface area (Å²) in [6.07, 6.45) is 6.57. The number of rotatable bonds is 4. The maximum absolute atomic E-state index is 13.0. The first-order valence-electron chi connectivity index (χ1n) is 9.37. The van der Waals surface area contributed by atoms with Crippen LogP contribution in [0.15, 0.2) is 54.9 Å².